The lowest BCUT2D eigenvalue weighted by molar-refractivity contribution is -0.385. The lowest BCUT2D eigenvalue weighted by Crippen LogP contribution is -2.50. The van der Waals surface area contributed by atoms with Crippen LogP contribution in [0.25, 0.3) is 0 Å². The number of aryl methyl sites for hydroxylation is 2. The van der Waals surface area contributed by atoms with Crippen molar-refractivity contribution in [2.45, 2.75) is 18.7 Å². The van der Waals surface area contributed by atoms with Crippen LogP contribution in [0.1, 0.15) is 21.5 Å². The monoisotopic (exact) mass is 403 g/mol. The van der Waals surface area contributed by atoms with Crippen molar-refractivity contribution in [1.82, 2.24) is 9.21 Å². The lowest BCUT2D eigenvalue weighted by atomic mass is 10.1. The highest BCUT2D eigenvalue weighted by atomic mass is 32.2. The molecule has 3 rings (SSSR count). The summed E-state index contributed by atoms with van der Waals surface area (Å²) < 4.78 is 26.9. The second-order valence-electron chi connectivity index (χ2n) is 6.83. The summed E-state index contributed by atoms with van der Waals surface area (Å²) in [7, 11) is -3.85. The molecule has 0 spiro atoms. The number of non-ortho nitro benzene ring substituents is 1. The molecule has 9 heteroatoms. The average Bonchev–Trinajstić information content (AvgIpc) is 2.67. The number of hydrogen-bond acceptors (Lipinski definition) is 5. The van der Waals surface area contributed by atoms with E-state index in [1.165, 1.54) is 22.5 Å². The normalized spacial score (nSPS) is 15.4. The van der Waals surface area contributed by atoms with E-state index in [2.05, 4.69) is 0 Å². The van der Waals surface area contributed by atoms with Crippen LogP contribution in [-0.2, 0) is 10.0 Å². The molecule has 1 aliphatic heterocycles. The summed E-state index contributed by atoms with van der Waals surface area (Å²) >= 11 is 0. The van der Waals surface area contributed by atoms with Gasteiger partial charge in [0.1, 0.15) is 0 Å². The minimum absolute atomic E-state index is 0.115. The molecule has 0 bridgehead atoms. The molecule has 0 radical (unpaired) electrons. The number of hydrogen-bond donors (Lipinski definition) is 0. The van der Waals surface area contributed by atoms with Gasteiger partial charge in [-0.1, -0.05) is 23.3 Å². The second kappa shape index (κ2) is 7.69. The first-order chi connectivity index (χ1) is 13.2. The highest BCUT2D eigenvalue weighted by Crippen LogP contribution is 2.22. The van der Waals surface area contributed by atoms with Crippen molar-refractivity contribution in [1.29, 1.82) is 0 Å². The van der Waals surface area contributed by atoms with Gasteiger partial charge in [-0.05, 0) is 32.0 Å². The second-order valence-corrected chi connectivity index (χ2v) is 8.77. The molecule has 8 nitrogen and oxygen atoms in total. The van der Waals surface area contributed by atoms with Gasteiger partial charge in [0.25, 0.3) is 11.6 Å². The van der Waals surface area contributed by atoms with Gasteiger partial charge in [0.2, 0.25) is 10.0 Å². The Bertz CT molecular complexity index is 1010. The van der Waals surface area contributed by atoms with Crippen LogP contribution in [0, 0.1) is 24.0 Å². The number of carbonyl (C=O) groups excluding carboxylic acids is 1. The number of amides is 1. The molecule has 1 aliphatic rings. The van der Waals surface area contributed by atoms with Crippen LogP contribution in [0.15, 0.2) is 47.4 Å². The fraction of sp³-hybridized carbons (Fsp3) is 0.316. The Hall–Kier alpha value is -2.78. The molecule has 2 aromatic rings. The van der Waals surface area contributed by atoms with Gasteiger partial charge in [-0.15, -0.1) is 0 Å². The van der Waals surface area contributed by atoms with Crippen LogP contribution in [0.2, 0.25) is 0 Å². The minimum atomic E-state index is -3.85. The summed E-state index contributed by atoms with van der Waals surface area (Å²) in [5, 5.41) is 10.9. The zero-order valence-electron chi connectivity index (χ0n) is 15.7. The predicted octanol–water partition coefficient (Wildman–Crippen LogP) is 2.36. The molecule has 28 heavy (non-hydrogen) atoms. The molecule has 148 valence electrons. The number of sulfonamides is 1. The van der Waals surface area contributed by atoms with E-state index in [-0.39, 0.29) is 42.7 Å². The fourth-order valence-electron chi connectivity index (χ4n) is 3.32. The molecule has 2 aromatic carbocycles. The summed E-state index contributed by atoms with van der Waals surface area (Å²) in [6.45, 7) is 4.66. The van der Waals surface area contributed by atoms with Crippen molar-refractivity contribution < 1.29 is 18.1 Å². The van der Waals surface area contributed by atoms with E-state index >= 15 is 0 Å². The molecular weight excluding hydrogens is 382 g/mol. The molecule has 0 atom stereocenters. The van der Waals surface area contributed by atoms with Crippen molar-refractivity contribution in [3.63, 3.8) is 0 Å². The van der Waals surface area contributed by atoms with E-state index in [1.807, 2.05) is 32.0 Å². The number of nitro benzene ring substituents is 1. The Labute approximate surface area is 163 Å². The Morgan fingerprint density at radius 2 is 1.61 bits per heavy atom. The number of piperazine rings is 1. The quantitative estimate of drug-likeness (QED) is 0.576. The molecule has 0 aromatic heterocycles. The first kappa shape index (κ1) is 20.0. The Kier molecular flexibility index (Phi) is 5.48. The fourth-order valence-corrected chi connectivity index (χ4v) is 4.78. The largest absolute Gasteiger partial charge is 0.336 e. The molecule has 0 unspecified atom stereocenters. The van der Waals surface area contributed by atoms with Crippen molar-refractivity contribution in [3.05, 3.63) is 69.3 Å². The molecule has 0 aliphatic carbocycles. The maximum absolute atomic E-state index is 12.8. The van der Waals surface area contributed by atoms with Gasteiger partial charge >= 0.3 is 0 Å². The topological polar surface area (TPSA) is 101 Å². The number of benzene rings is 2. The molecule has 0 N–H and O–H groups in total. The van der Waals surface area contributed by atoms with Gasteiger partial charge in [0, 0.05) is 43.9 Å². The third-order valence-electron chi connectivity index (χ3n) is 4.66. The first-order valence-corrected chi connectivity index (χ1v) is 10.2. The summed E-state index contributed by atoms with van der Waals surface area (Å²) in [4.78, 5) is 24.5. The van der Waals surface area contributed by atoms with Gasteiger partial charge in [0.15, 0.2) is 0 Å². The van der Waals surface area contributed by atoms with Crippen molar-refractivity contribution >= 4 is 21.6 Å². The van der Waals surface area contributed by atoms with E-state index in [9.17, 15) is 23.3 Å². The number of rotatable bonds is 4. The number of nitrogens with zero attached hydrogens (tertiary/aromatic N) is 3. The SMILES string of the molecule is Cc1cc(C)cc(C(=O)N2CCN(S(=O)(=O)c3cccc([N+](=O)[O-])c3)CC2)c1. The summed E-state index contributed by atoms with van der Waals surface area (Å²) in [6, 6.07) is 10.6. The maximum atomic E-state index is 12.8. The van der Waals surface area contributed by atoms with Crippen LogP contribution in [0.3, 0.4) is 0 Å². The zero-order chi connectivity index (χ0) is 20.5. The number of nitro groups is 1. The van der Waals surface area contributed by atoms with Crippen LogP contribution >= 0.6 is 0 Å². The molecule has 1 amide bonds. The van der Waals surface area contributed by atoms with Crippen molar-refractivity contribution in [2.75, 3.05) is 26.2 Å². The van der Waals surface area contributed by atoms with Crippen LogP contribution in [-0.4, -0.2) is 54.6 Å². The average molecular weight is 403 g/mol. The van der Waals surface area contributed by atoms with Crippen molar-refractivity contribution in [3.8, 4) is 0 Å². The zero-order valence-corrected chi connectivity index (χ0v) is 16.5. The van der Waals surface area contributed by atoms with Crippen molar-refractivity contribution in [2.24, 2.45) is 0 Å². The highest BCUT2D eigenvalue weighted by Gasteiger charge is 2.31. The Balaban J connectivity index is 1.73. The standard InChI is InChI=1S/C19H21N3O5S/c1-14-10-15(2)12-16(11-14)19(23)20-6-8-21(9-7-20)28(26,27)18-5-3-4-17(13-18)22(24)25/h3-5,10-13H,6-9H2,1-2H3. The molecular formula is C19H21N3O5S. The van der Waals surface area contributed by atoms with Gasteiger partial charge in [-0.3, -0.25) is 14.9 Å². The van der Waals surface area contributed by atoms with Gasteiger partial charge < -0.3 is 4.90 Å². The van der Waals surface area contributed by atoms with Crippen LogP contribution in [0.5, 0.6) is 0 Å². The Morgan fingerprint density at radius 3 is 2.18 bits per heavy atom. The van der Waals surface area contributed by atoms with Crippen LogP contribution < -0.4 is 0 Å². The summed E-state index contributed by atoms with van der Waals surface area (Å²) in [5.74, 6) is -0.126. The molecule has 0 saturated carbocycles. The van der Waals surface area contributed by atoms with E-state index in [0.29, 0.717) is 5.56 Å². The third kappa shape index (κ3) is 4.05. The summed E-state index contributed by atoms with van der Waals surface area (Å²) in [6.07, 6.45) is 0. The van der Waals surface area contributed by atoms with Gasteiger partial charge in [-0.25, -0.2) is 8.42 Å². The molecule has 1 heterocycles. The minimum Gasteiger partial charge on any atom is -0.336 e. The molecule has 1 saturated heterocycles. The van der Waals surface area contributed by atoms with E-state index in [1.54, 1.807) is 4.90 Å². The first-order valence-electron chi connectivity index (χ1n) is 8.80. The number of carbonyl (C=O) groups is 1. The molecule has 1 fully saturated rings. The van der Waals surface area contributed by atoms with Gasteiger partial charge in [-0.2, -0.15) is 4.31 Å². The highest BCUT2D eigenvalue weighted by molar-refractivity contribution is 7.89. The summed E-state index contributed by atoms with van der Waals surface area (Å²) in [5.41, 5.74) is 2.31. The maximum Gasteiger partial charge on any atom is 0.270 e. The smallest absolute Gasteiger partial charge is 0.270 e. The lowest BCUT2D eigenvalue weighted by Gasteiger charge is -2.34. The van der Waals surface area contributed by atoms with E-state index < -0.39 is 14.9 Å². The Morgan fingerprint density at radius 1 is 1.00 bits per heavy atom. The van der Waals surface area contributed by atoms with E-state index in [4.69, 9.17) is 0 Å². The third-order valence-corrected chi connectivity index (χ3v) is 6.56. The van der Waals surface area contributed by atoms with Gasteiger partial charge in [0.05, 0.1) is 9.82 Å². The van der Waals surface area contributed by atoms with E-state index in [0.717, 1.165) is 17.2 Å². The predicted molar refractivity (Wildman–Crippen MR) is 104 cm³/mol. The van der Waals surface area contributed by atoms with Crippen LogP contribution in [0.4, 0.5) is 5.69 Å².